The lowest BCUT2D eigenvalue weighted by Crippen LogP contribution is -2.66. The molecular formula is C39H49ClF3N5O7. The fourth-order valence-corrected chi connectivity index (χ4v) is 10.0. The van der Waals surface area contributed by atoms with Gasteiger partial charge in [0.1, 0.15) is 23.1 Å². The van der Waals surface area contributed by atoms with Gasteiger partial charge in [-0.2, -0.15) is 13.2 Å². The largest absolute Gasteiger partial charge is 0.454 e. The summed E-state index contributed by atoms with van der Waals surface area (Å²) in [7, 11) is 1.66. The topological polar surface area (TPSA) is 137 Å². The summed E-state index contributed by atoms with van der Waals surface area (Å²) in [5, 5.41) is 29.7. The maximum absolute atomic E-state index is 14.2. The summed E-state index contributed by atoms with van der Waals surface area (Å²) in [6.45, 7) is 9.58. The number of hydroxylamine groups is 1. The van der Waals surface area contributed by atoms with Gasteiger partial charge >= 0.3 is 18.1 Å². The van der Waals surface area contributed by atoms with E-state index in [4.69, 9.17) is 25.9 Å². The van der Waals surface area contributed by atoms with Crippen molar-refractivity contribution in [2.45, 2.75) is 88.8 Å². The van der Waals surface area contributed by atoms with Gasteiger partial charge in [-0.25, -0.2) is 4.98 Å². The molecular weight excluding hydrogens is 743 g/mol. The summed E-state index contributed by atoms with van der Waals surface area (Å²) in [6, 6.07) is 6.45. The van der Waals surface area contributed by atoms with Crippen LogP contribution in [0, 0.1) is 23.7 Å². The second-order valence-corrected chi connectivity index (χ2v) is 16.4. The molecule has 1 saturated carbocycles. The molecule has 1 aromatic carbocycles. The number of hydrogen-bond acceptors (Lipinski definition) is 12. The minimum absolute atomic E-state index is 0.0386. The number of fused-ring (bicyclic) bond motifs is 4. The Bertz CT molecular complexity index is 1830. The van der Waals surface area contributed by atoms with Gasteiger partial charge in [0.15, 0.2) is 18.4 Å². The SMILES string of the molecule is CC(=O)O[C@@H]1C(C)=C[C@@H]2[C@H](C(C)CN3CCN(c4ncccc4C(F)(F)F)CC3)CC[C@@H](C)[C@]2(O)[C@H]1OC(=O)[C@@H]1C[C@@]2(O)c3cccc(Cl)c3N(C)O[C@H]2N1. The van der Waals surface area contributed by atoms with Crippen molar-refractivity contribution in [3.8, 4) is 0 Å². The van der Waals surface area contributed by atoms with Crippen LogP contribution in [0.25, 0.3) is 0 Å². The summed E-state index contributed by atoms with van der Waals surface area (Å²) in [5.74, 6) is -2.21. The molecule has 12 nitrogen and oxygen atoms in total. The molecule has 4 heterocycles. The maximum Gasteiger partial charge on any atom is 0.419 e. The van der Waals surface area contributed by atoms with Crippen LogP contribution in [-0.2, 0) is 35.7 Å². The third-order valence-electron chi connectivity index (χ3n) is 12.5. The first-order chi connectivity index (χ1) is 25.9. The number of nitrogens with zero attached hydrogens (tertiary/aromatic N) is 4. The van der Waals surface area contributed by atoms with Crippen molar-refractivity contribution in [3.05, 3.63) is 64.3 Å². The molecule has 10 atom stereocenters. The van der Waals surface area contributed by atoms with Crippen molar-refractivity contribution in [2.75, 3.05) is 49.7 Å². The zero-order chi connectivity index (χ0) is 39.6. The third-order valence-corrected chi connectivity index (χ3v) is 12.8. The average Bonchev–Trinajstić information content (AvgIpc) is 3.48. The van der Waals surface area contributed by atoms with Crippen molar-refractivity contribution in [1.82, 2.24) is 15.2 Å². The number of ether oxygens (including phenoxy) is 2. The van der Waals surface area contributed by atoms with E-state index < -0.39 is 65.3 Å². The van der Waals surface area contributed by atoms with Gasteiger partial charge in [0.25, 0.3) is 0 Å². The number of carbonyl (C=O) groups is 2. The van der Waals surface area contributed by atoms with Crippen LogP contribution >= 0.6 is 11.6 Å². The molecule has 0 radical (unpaired) electrons. The lowest BCUT2D eigenvalue weighted by atomic mass is 9.55. The van der Waals surface area contributed by atoms with E-state index in [1.165, 1.54) is 24.3 Å². The summed E-state index contributed by atoms with van der Waals surface area (Å²) in [6.07, 6.45) is -3.16. The van der Waals surface area contributed by atoms with Crippen LogP contribution in [0.1, 0.15) is 58.1 Å². The fourth-order valence-electron chi connectivity index (χ4n) is 9.72. The van der Waals surface area contributed by atoms with Crippen molar-refractivity contribution < 1.29 is 47.3 Å². The van der Waals surface area contributed by atoms with Crippen LogP contribution < -0.4 is 15.3 Å². The molecule has 3 fully saturated rings. The minimum atomic E-state index is -4.50. The molecule has 3 N–H and O–H groups in total. The van der Waals surface area contributed by atoms with Crippen LogP contribution in [0.3, 0.4) is 0 Å². The normalized spacial score (nSPS) is 34.2. The number of para-hydroxylation sites is 1. The Hall–Kier alpha value is -3.47. The highest BCUT2D eigenvalue weighted by molar-refractivity contribution is 6.33. The van der Waals surface area contributed by atoms with E-state index in [9.17, 15) is 33.0 Å². The molecule has 0 spiro atoms. The monoisotopic (exact) mass is 791 g/mol. The quantitative estimate of drug-likeness (QED) is 0.266. The molecule has 16 heteroatoms. The van der Waals surface area contributed by atoms with E-state index >= 15 is 0 Å². The molecule has 300 valence electrons. The highest BCUT2D eigenvalue weighted by atomic mass is 35.5. The lowest BCUT2D eigenvalue weighted by Gasteiger charge is -2.56. The summed E-state index contributed by atoms with van der Waals surface area (Å²) >= 11 is 6.46. The number of piperazine rings is 1. The van der Waals surface area contributed by atoms with Gasteiger partial charge in [0.2, 0.25) is 0 Å². The molecule has 7 rings (SSSR count). The van der Waals surface area contributed by atoms with Gasteiger partial charge in [-0.05, 0) is 61.3 Å². The molecule has 2 aliphatic carbocycles. The number of aromatic nitrogens is 1. The van der Waals surface area contributed by atoms with E-state index in [0.717, 1.165) is 12.5 Å². The van der Waals surface area contributed by atoms with Crippen LogP contribution in [0.5, 0.6) is 0 Å². The zero-order valence-electron chi connectivity index (χ0n) is 31.6. The van der Waals surface area contributed by atoms with Crippen LogP contribution in [0.15, 0.2) is 48.2 Å². The number of alkyl halides is 3. The molecule has 0 bridgehead atoms. The standard InChI is InChI=1S/C39H49ClF3N5O7/c1-21-18-28-25(22(2)20-47-14-16-48(17-15-47)34-27(39(41,42)43)9-7-13-44-34)12-11-23(3)38(28,52)33(32(21)53-24(4)49)54-35(50)30-19-37(51)26-8-6-10-29(40)31(26)46(5)55-36(37)45-30/h6-10,13,18,22-23,25,28,30,32-33,36,45,51-52H,11-12,14-17,19-20H2,1-5H3/t22?,23-,25+,28-,30+,32-,33+,36-,37-,38-/m1/s1. The number of esters is 2. The number of benzene rings is 1. The smallest absolute Gasteiger partial charge is 0.419 e. The van der Waals surface area contributed by atoms with Crippen molar-refractivity contribution in [1.29, 1.82) is 0 Å². The van der Waals surface area contributed by atoms with Gasteiger partial charge in [-0.1, -0.05) is 43.7 Å². The molecule has 0 amide bonds. The number of halogens is 4. The van der Waals surface area contributed by atoms with E-state index in [0.29, 0.717) is 61.0 Å². The summed E-state index contributed by atoms with van der Waals surface area (Å²) < 4.78 is 53.2. The van der Waals surface area contributed by atoms with E-state index in [-0.39, 0.29) is 30.0 Å². The van der Waals surface area contributed by atoms with Gasteiger partial charge < -0.3 is 24.6 Å². The maximum atomic E-state index is 14.2. The van der Waals surface area contributed by atoms with Crippen LogP contribution in [-0.4, -0.2) is 102 Å². The van der Waals surface area contributed by atoms with Crippen LogP contribution in [0.2, 0.25) is 5.02 Å². The molecule has 1 unspecified atom stereocenters. The fraction of sp³-hybridized carbons (Fsp3) is 0.615. The third kappa shape index (κ3) is 7.09. The Labute approximate surface area is 323 Å². The molecule has 2 aromatic rings. The Kier molecular flexibility index (Phi) is 10.7. The second kappa shape index (κ2) is 14.8. The van der Waals surface area contributed by atoms with Crippen LogP contribution in [0.4, 0.5) is 24.7 Å². The Morgan fingerprint density at radius 3 is 2.55 bits per heavy atom. The Balaban J connectivity index is 1.09. The number of rotatable bonds is 7. The van der Waals surface area contributed by atoms with Gasteiger partial charge in [0, 0.05) is 70.8 Å². The summed E-state index contributed by atoms with van der Waals surface area (Å²) in [5.41, 5.74) is -2.34. The van der Waals surface area contributed by atoms with E-state index in [2.05, 4.69) is 22.1 Å². The summed E-state index contributed by atoms with van der Waals surface area (Å²) in [4.78, 5) is 40.5. The Morgan fingerprint density at radius 1 is 1.13 bits per heavy atom. The minimum Gasteiger partial charge on any atom is -0.454 e. The first kappa shape index (κ1) is 39.8. The number of carbonyl (C=O) groups excluding carboxylic acids is 2. The number of anilines is 2. The Morgan fingerprint density at radius 2 is 1.85 bits per heavy atom. The lowest BCUT2D eigenvalue weighted by molar-refractivity contribution is -0.225. The second-order valence-electron chi connectivity index (χ2n) is 16.0. The molecule has 3 aliphatic heterocycles. The number of hydrogen-bond donors (Lipinski definition) is 3. The number of nitrogens with one attached hydrogen (secondary N) is 1. The van der Waals surface area contributed by atoms with E-state index in [1.54, 1.807) is 37.1 Å². The average molecular weight is 792 g/mol. The van der Waals surface area contributed by atoms with Gasteiger partial charge in [-0.3, -0.25) is 29.7 Å². The molecule has 5 aliphatic rings. The molecule has 1 aromatic heterocycles. The highest BCUT2D eigenvalue weighted by Gasteiger charge is 2.62. The number of pyridine rings is 1. The van der Waals surface area contributed by atoms with Crippen molar-refractivity contribution in [3.63, 3.8) is 0 Å². The first-order valence-electron chi connectivity index (χ1n) is 18.9. The predicted octanol–water partition coefficient (Wildman–Crippen LogP) is 4.67. The zero-order valence-corrected chi connectivity index (χ0v) is 32.3. The van der Waals surface area contributed by atoms with Gasteiger partial charge in [-0.15, -0.1) is 0 Å². The highest BCUT2D eigenvalue weighted by Crippen LogP contribution is 2.53. The molecule has 2 saturated heterocycles. The predicted molar refractivity (Wildman–Crippen MR) is 197 cm³/mol. The van der Waals surface area contributed by atoms with Crippen molar-refractivity contribution >= 4 is 35.0 Å². The van der Waals surface area contributed by atoms with Crippen molar-refractivity contribution in [2.24, 2.45) is 23.7 Å². The molecule has 55 heavy (non-hydrogen) atoms. The first-order valence-corrected chi connectivity index (χ1v) is 19.3. The van der Waals surface area contributed by atoms with E-state index in [1.807, 2.05) is 13.0 Å². The van der Waals surface area contributed by atoms with Gasteiger partial charge in [0.05, 0.1) is 16.3 Å². The number of aliphatic hydroxyl groups is 2.